The number of amides is 1. The fraction of sp³-hybridized carbons (Fsp3) is 0.174. The normalized spacial score (nSPS) is 11.8. The van der Waals surface area contributed by atoms with Crippen LogP contribution in [0.25, 0.3) is 20.7 Å². The molecule has 0 spiro atoms. The molecular formula is C23H21N3O3S2. The zero-order valence-electron chi connectivity index (χ0n) is 17.3. The summed E-state index contributed by atoms with van der Waals surface area (Å²) in [4.78, 5) is 23.8. The number of nitrogens with zero attached hydrogens (tertiary/aromatic N) is 2. The molecule has 1 amide bonds. The molecule has 0 bridgehead atoms. The van der Waals surface area contributed by atoms with Gasteiger partial charge in [-0.2, -0.15) is 0 Å². The highest BCUT2D eigenvalue weighted by molar-refractivity contribution is 8.00. The molecule has 4 rings (SSSR count). The molecule has 2 heterocycles. The summed E-state index contributed by atoms with van der Waals surface area (Å²) >= 11 is 3.02. The monoisotopic (exact) mass is 451 g/mol. The minimum Gasteiger partial charge on any atom is -0.497 e. The third-order valence-corrected chi connectivity index (χ3v) is 6.88. The van der Waals surface area contributed by atoms with E-state index in [4.69, 9.17) is 9.47 Å². The van der Waals surface area contributed by atoms with Crippen molar-refractivity contribution in [1.82, 2.24) is 9.97 Å². The number of ether oxygens (including phenoxy) is 2. The first-order valence-corrected chi connectivity index (χ1v) is 11.3. The minimum absolute atomic E-state index is 0.151. The van der Waals surface area contributed by atoms with Gasteiger partial charge in [0, 0.05) is 16.3 Å². The lowest BCUT2D eigenvalue weighted by Crippen LogP contribution is -2.22. The lowest BCUT2D eigenvalue weighted by atomic mass is 10.2. The second kappa shape index (κ2) is 9.36. The van der Waals surface area contributed by atoms with Gasteiger partial charge in [0.15, 0.2) is 0 Å². The first-order valence-electron chi connectivity index (χ1n) is 9.58. The number of aromatic nitrogens is 2. The van der Waals surface area contributed by atoms with E-state index in [9.17, 15) is 4.79 Å². The van der Waals surface area contributed by atoms with Crippen LogP contribution in [0.4, 0.5) is 5.69 Å². The smallest absolute Gasteiger partial charge is 0.237 e. The summed E-state index contributed by atoms with van der Waals surface area (Å²) in [6.07, 6.45) is 1.55. The van der Waals surface area contributed by atoms with E-state index in [0.29, 0.717) is 17.2 Å². The van der Waals surface area contributed by atoms with Crippen LogP contribution in [0.15, 0.2) is 66.0 Å². The summed E-state index contributed by atoms with van der Waals surface area (Å²) < 4.78 is 10.6. The van der Waals surface area contributed by atoms with Crippen LogP contribution in [0, 0.1) is 0 Å². The number of methoxy groups -OCH3 is 2. The van der Waals surface area contributed by atoms with E-state index >= 15 is 0 Å². The van der Waals surface area contributed by atoms with Crippen molar-refractivity contribution in [3.05, 3.63) is 60.9 Å². The minimum atomic E-state index is -0.380. The van der Waals surface area contributed by atoms with Gasteiger partial charge >= 0.3 is 0 Å². The number of thioether (sulfide) groups is 1. The SMILES string of the molecule is COc1ccc(OC)c(NC(=O)C(C)Sc2ncnc3sc(-c4ccccc4)cc23)c1. The molecule has 1 atom stereocenters. The molecule has 31 heavy (non-hydrogen) atoms. The van der Waals surface area contributed by atoms with Crippen molar-refractivity contribution in [2.24, 2.45) is 0 Å². The number of carbonyl (C=O) groups is 1. The van der Waals surface area contributed by atoms with Crippen molar-refractivity contribution in [2.45, 2.75) is 17.2 Å². The Labute approximate surface area is 188 Å². The third-order valence-electron chi connectivity index (χ3n) is 4.67. The van der Waals surface area contributed by atoms with Gasteiger partial charge in [0.25, 0.3) is 0 Å². The van der Waals surface area contributed by atoms with E-state index in [1.165, 1.54) is 11.8 Å². The van der Waals surface area contributed by atoms with Gasteiger partial charge in [0.05, 0.1) is 25.2 Å². The van der Waals surface area contributed by atoms with Crippen LogP contribution in [0.5, 0.6) is 11.5 Å². The molecule has 2 aromatic heterocycles. The zero-order valence-corrected chi connectivity index (χ0v) is 18.9. The highest BCUT2D eigenvalue weighted by atomic mass is 32.2. The zero-order chi connectivity index (χ0) is 21.8. The third kappa shape index (κ3) is 4.65. The molecule has 0 aliphatic carbocycles. The molecule has 6 nitrogen and oxygen atoms in total. The Bertz CT molecular complexity index is 1210. The number of hydrogen-bond acceptors (Lipinski definition) is 7. The van der Waals surface area contributed by atoms with Gasteiger partial charge in [0.1, 0.15) is 27.7 Å². The Hall–Kier alpha value is -3.10. The molecule has 0 saturated heterocycles. The summed E-state index contributed by atoms with van der Waals surface area (Å²) in [5, 5.41) is 4.28. The quantitative estimate of drug-likeness (QED) is 0.296. The number of hydrogen-bond donors (Lipinski definition) is 1. The number of anilines is 1. The highest BCUT2D eigenvalue weighted by Gasteiger charge is 2.20. The molecule has 0 aliphatic rings. The second-order valence-electron chi connectivity index (χ2n) is 6.69. The van der Waals surface area contributed by atoms with Crippen LogP contribution in [-0.4, -0.2) is 35.3 Å². The predicted octanol–water partition coefficient (Wildman–Crippen LogP) is 5.49. The summed E-state index contributed by atoms with van der Waals surface area (Å²) in [5.74, 6) is 1.06. The summed E-state index contributed by atoms with van der Waals surface area (Å²) in [6.45, 7) is 1.85. The van der Waals surface area contributed by atoms with Gasteiger partial charge in [0.2, 0.25) is 5.91 Å². The van der Waals surface area contributed by atoms with Gasteiger partial charge in [-0.15, -0.1) is 11.3 Å². The first-order chi connectivity index (χ1) is 15.1. The topological polar surface area (TPSA) is 73.3 Å². The van der Waals surface area contributed by atoms with Crippen LogP contribution in [-0.2, 0) is 4.79 Å². The highest BCUT2D eigenvalue weighted by Crippen LogP contribution is 2.37. The van der Waals surface area contributed by atoms with Gasteiger partial charge in [-0.25, -0.2) is 9.97 Å². The van der Waals surface area contributed by atoms with Crippen LogP contribution in [0.2, 0.25) is 0 Å². The largest absolute Gasteiger partial charge is 0.497 e. The van der Waals surface area contributed by atoms with Crippen LogP contribution in [0.3, 0.4) is 0 Å². The lowest BCUT2D eigenvalue weighted by molar-refractivity contribution is -0.115. The molecule has 158 valence electrons. The predicted molar refractivity (Wildman–Crippen MR) is 126 cm³/mol. The summed E-state index contributed by atoms with van der Waals surface area (Å²) in [7, 11) is 3.14. The maximum Gasteiger partial charge on any atom is 0.237 e. The van der Waals surface area contributed by atoms with Crippen LogP contribution in [0.1, 0.15) is 6.92 Å². The standard InChI is InChI=1S/C23H21N3O3S2/c1-14(21(27)26-18-11-16(28-2)9-10-19(18)29-3)30-22-17-12-20(15-7-5-4-6-8-15)31-23(17)25-13-24-22/h4-14H,1-3H3,(H,26,27). The van der Waals surface area contributed by atoms with Crippen molar-refractivity contribution in [3.8, 4) is 21.9 Å². The number of nitrogens with one attached hydrogen (secondary N) is 1. The molecule has 0 saturated carbocycles. The molecule has 0 aliphatic heterocycles. The summed E-state index contributed by atoms with van der Waals surface area (Å²) in [6, 6.07) is 17.5. The first kappa shape index (κ1) is 21.1. The fourth-order valence-electron chi connectivity index (χ4n) is 3.04. The second-order valence-corrected chi connectivity index (χ2v) is 9.05. The van der Waals surface area contributed by atoms with E-state index < -0.39 is 0 Å². The molecule has 1 unspecified atom stereocenters. The number of thiophene rings is 1. The van der Waals surface area contributed by atoms with Gasteiger partial charge in [-0.3, -0.25) is 4.79 Å². The Morgan fingerprint density at radius 3 is 2.61 bits per heavy atom. The maximum absolute atomic E-state index is 12.9. The molecule has 4 aromatic rings. The van der Waals surface area contributed by atoms with E-state index in [2.05, 4.69) is 33.5 Å². The molecule has 0 fully saturated rings. The van der Waals surface area contributed by atoms with Gasteiger partial charge in [-0.05, 0) is 30.7 Å². The Balaban J connectivity index is 1.55. The van der Waals surface area contributed by atoms with Crippen molar-refractivity contribution < 1.29 is 14.3 Å². The van der Waals surface area contributed by atoms with Crippen molar-refractivity contribution in [2.75, 3.05) is 19.5 Å². The number of fused-ring (bicyclic) bond motifs is 1. The molecule has 8 heteroatoms. The Morgan fingerprint density at radius 2 is 1.87 bits per heavy atom. The maximum atomic E-state index is 12.9. The average molecular weight is 452 g/mol. The van der Waals surface area contributed by atoms with E-state index in [-0.39, 0.29) is 11.2 Å². The van der Waals surface area contributed by atoms with Gasteiger partial charge in [-0.1, -0.05) is 42.1 Å². The Morgan fingerprint density at radius 1 is 1.06 bits per heavy atom. The van der Waals surface area contributed by atoms with Crippen molar-refractivity contribution in [1.29, 1.82) is 0 Å². The number of rotatable bonds is 7. The van der Waals surface area contributed by atoms with Crippen molar-refractivity contribution >= 4 is 44.9 Å². The lowest BCUT2D eigenvalue weighted by Gasteiger charge is -2.15. The van der Waals surface area contributed by atoms with E-state index in [1.54, 1.807) is 50.1 Å². The molecule has 0 radical (unpaired) electrons. The number of carbonyl (C=O) groups excluding carboxylic acids is 1. The van der Waals surface area contributed by atoms with Gasteiger partial charge < -0.3 is 14.8 Å². The molecular weight excluding hydrogens is 430 g/mol. The van der Waals surface area contributed by atoms with Crippen molar-refractivity contribution in [3.63, 3.8) is 0 Å². The van der Waals surface area contributed by atoms with E-state index in [1.807, 2.05) is 25.1 Å². The number of benzene rings is 2. The fourth-order valence-corrected chi connectivity index (χ4v) is 5.00. The van der Waals surface area contributed by atoms with Crippen LogP contribution >= 0.6 is 23.1 Å². The Kier molecular flexibility index (Phi) is 6.39. The van der Waals surface area contributed by atoms with E-state index in [0.717, 1.165) is 25.7 Å². The summed E-state index contributed by atoms with van der Waals surface area (Å²) in [5.41, 5.74) is 1.70. The average Bonchev–Trinajstić information content (AvgIpc) is 3.25. The molecule has 1 N–H and O–H groups in total. The van der Waals surface area contributed by atoms with Crippen LogP contribution < -0.4 is 14.8 Å². The molecule has 2 aromatic carbocycles.